The van der Waals surface area contributed by atoms with E-state index in [1.807, 2.05) is 27.8 Å². The van der Waals surface area contributed by atoms with Crippen molar-refractivity contribution in [3.63, 3.8) is 0 Å². The van der Waals surface area contributed by atoms with Crippen LogP contribution in [0.5, 0.6) is 5.75 Å². The number of likely N-dealkylation sites (N-methyl/N-ethyl adjacent to an activating group) is 1. The summed E-state index contributed by atoms with van der Waals surface area (Å²) in [4.78, 5) is 25.5. The molecule has 0 bridgehead atoms. The number of methoxy groups -OCH3 is 1. The van der Waals surface area contributed by atoms with Crippen LogP contribution in [0.15, 0.2) is 24.3 Å². The molecule has 8 heteroatoms. The van der Waals surface area contributed by atoms with Gasteiger partial charge in [-0.2, -0.15) is 5.10 Å². The topological polar surface area (TPSA) is 89.7 Å². The summed E-state index contributed by atoms with van der Waals surface area (Å²) in [6.07, 6.45) is 0. The third kappa shape index (κ3) is 5.55. The van der Waals surface area contributed by atoms with Gasteiger partial charge in [-0.05, 0) is 45.0 Å². The molecule has 8 nitrogen and oxygen atoms in total. The van der Waals surface area contributed by atoms with Gasteiger partial charge in [0, 0.05) is 12.7 Å². The summed E-state index contributed by atoms with van der Waals surface area (Å²) < 4.78 is 6.83. The average molecular weight is 374 g/mol. The SMILES string of the molecule is CC[NH+](CC(=O)Nc1ccc(OC)cc1)CC(=O)Nc1c(C)nn(C)c1C. The molecule has 0 aliphatic heterocycles. The molecule has 1 atom stereocenters. The van der Waals surface area contributed by atoms with Gasteiger partial charge in [0.1, 0.15) is 5.75 Å². The highest BCUT2D eigenvalue weighted by Crippen LogP contribution is 2.17. The predicted octanol–water partition coefficient (Wildman–Crippen LogP) is 0.528. The van der Waals surface area contributed by atoms with Crippen LogP contribution in [-0.4, -0.2) is 48.3 Å². The summed E-state index contributed by atoms with van der Waals surface area (Å²) in [6.45, 7) is 6.79. The molecule has 2 amide bonds. The Bertz CT molecular complexity index is 798. The fraction of sp³-hybridized carbons (Fsp3) is 0.421. The van der Waals surface area contributed by atoms with Crippen molar-refractivity contribution >= 4 is 23.2 Å². The molecule has 0 aliphatic carbocycles. The summed E-state index contributed by atoms with van der Waals surface area (Å²) in [5.41, 5.74) is 3.11. The van der Waals surface area contributed by atoms with E-state index in [9.17, 15) is 9.59 Å². The number of carbonyl (C=O) groups excluding carboxylic acids is 2. The maximum atomic E-state index is 12.4. The maximum absolute atomic E-state index is 12.4. The van der Waals surface area contributed by atoms with E-state index in [1.165, 1.54) is 0 Å². The minimum absolute atomic E-state index is 0.136. The Balaban J connectivity index is 1.89. The Morgan fingerprint density at radius 1 is 1.11 bits per heavy atom. The van der Waals surface area contributed by atoms with Gasteiger partial charge in [-0.15, -0.1) is 0 Å². The number of nitrogens with zero attached hydrogens (tertiary/aromatic N) is 2. The average Bonchev–Trinajstić information content (AvgIpc) is 2.87. The highest BCUT2D eigenvalue weighted by molar-refractivity contribution is 5.93. The lowest BCUT2D eigenvalue weighted by atomic mass is 10.3. The lowest BCUT2D eigenvalue weighted by Crippen LogP contribution is -3.13. The Morgan fingerprint density at radius 2 is 1.70 bits per heavy atom. The van der Waals surface area contributed by atoms with Crippen molar-refractivity contribution in [3.8, 4) is 5.75 Å². The molecule has 1 unspecified atom stereocenters. The fourth-order valence-corrected chi connectivity index (χ4v) is 2.78. The first-order valence-corrected chi connectivity index (χ1v) is 8.91. The molecule has 0 fully saturated rings. The number of hydrogen-bond donors (Lipinski definition) is 3. The number of carbonyl (C=O) groups is 2. The molecule has 3 N–H and O–H groups in total. The Labute approximate surface area is 159 Å². The largest absolute Gasteiger partial charge is 0.497 e. The second-order valence-corrected chi connectivity index (χ2v) is 6.45. The number of aryl methyl sites for hydroxylation is 2. The molecule has 2 rings (SSSR count). The monoisotopic (exact) mass is 374 g/mol. The zero-order valence-corrected chi connectivity index (χ0v) is 16.5. The van der Waals surface area contributed by atoms with E-state index in [2.05, 4.69) is 15.7 Å². The standard InChI is InChI=1S/C19H27N5O3/c1-6-24(11-17(25)20-15-7-9-16(27-5)10-8-15)12-18(26)21-19-13(2)22-23(4)14(19)3/h7-10H,6,11-12H2,1-5H3,(H,20,25)(H,21,26)/p+1. The minimum atomic E-state index is -0.140. The van der Waals surface area contributed by atoms with Crippen LogP contribution in [0.1, 0.15) is 18.3 Å². The molecule has 1 heterocycles. The lowest BCUT2D eigenvalue weighted by Gasteiger charge is -2.17. The van der Waals surface area contributed by atoms with Crippen LogP contribution in [0, 0.1) is 13.8 Å². The van der Waals surface area contributed by atoms with Crippen LogP contribution in [0.2, 0.25) is 0 Å². The molecule has 0 aliphatic rings. The number of anilines is 2. The van der Waals surface area contributed by atoms with Crippen LogP contribution < -0.4 is 20.3 Å². The van der Waals surface area contributed by atoms with Crippen molar-refractivity contribution in [2.24, 2.45) is 7.05 Å². The fourth-order valence-electron chi connectivity index (χ4n) is 2.78. The number of ether oxygens (including phenoxy) is 1. The van der Waals surface area contributed by atoms with Crippen molar-refractivity contribution in [3.05, 3.63) is 35.7 Å². The summed E-state index contributed by atoms with van der Waals surface area (Å²) in [6, 6.07) is 7.13. The van der Waals surface area contributed by atoms with Crippen molar-refractivity contribution in [1.29, 1.82) is 0 Å². The number of nitrogens with one attached hydrogen (secondary N) is 3. The Kier molecular flexibility index (Phi) is 6.95. The maximum Gasteiger partial charge on any atom is 0.279 e. The first kappa shape index (κ1) is 20.4. The highest BCUT2D eigenvalue weighted by Gasteiger charge is 2.19. The summed E-state index contributed by atoms with van der Waals surface area (Å²) in [7, 11) is 3.43. The van der Waals surface area contributed by atoms with Crippen LogP contribution in [0.4, 0.5) is 11.4 Å². The number of amides is 2. The Hall–Kier alpha value is -2.87. The molecule has 146 valence electrons. The number of benzene rings is 1. The molecular formula is C19H28N5O3+. The minimum Gasteiger partial charge on any atom is -0.497 e. The van der Waals surface area contributed by atoms with Crippen LogP contribution in [0.25, 0.3) is 0 Å². The molecule has 1 aromatic carbocycles. The smallest absolute Gasteiger partial charge is 0.279 e. The number of hydrogen-bond acceptors (Lipinski definition) is 4. The van der Waals surface area contributed by atoms with E-state index in [4.69, 9.17) is 4.74 Å². The third-order valence-electron chi connectivity index (χ3n) is 4.47. The van der Waals surface area contributed by atoms with Gasteiger partial charge in [-0.25, -0.2) is 0 Å². The van der Waals surface area contributed by atoms with Gasteiger partial charge in [0.15, 0.2) is 13.1 Å². The Morgan fingerprint density at radius 3 is 2.19 bits per heavy atom. The number of aromatic nitrogens is 2. The second kappa shape index (κ2) is 9.18. The summed E-state index contributed by atoms with van der Waals surface area (Å²) in [5.74, 6) is 0.452. The molecular weight excluding hydrogens is 346 g/mol. The first-order chi connectivity index (χ1) is 12.8. The molecule has 27 heavy (non-hydrogen) atoms. The van der Waals surface area contributed by atoms with E-state index >= 15 is 0 Å². The zero-order valence-electron chi connectivity index (χ0n) is 16.5. The number of quaternary nitrogens is 1. The van der Waals surface area contributed by atoms with Gasteiger partial charge in [0.2, 0.25) is 0 Å². The van der Waals surface area contributed by atoms with E-state index in [1.54, 1.807) is 36.1 Å². The van der Waals surface area contributed by atoms with Crippen LogP contribution >= 0.6 is 0 Å². The molecule has 2 aromatic rings. The van der Waals surface area contributed by atoms with E-state index in [0.717, 1.165) is 27.7 Å². The van der Waals surface area contributed by atoms with Crippen molar-refractivity contribution in [2.45, 2.75) is 20.8 Å². The van der Waals surface area contributed by atoms with E-state index in [0.29, 0.717) is 12.2 Å². The highest BCUT2D eigenvalue weighted by atomic mass is 16.5. The van der Waals surface area contributed by atoms with Gasteiger partial charge in [0.05, 0.1) is 30.7 Å². The van der Waals surface area contributed by atoms with Gasteiger partial charge >= 0.3 is 0 Å². The van der Waals surface area contributed by atoms with Gasteiger partial charge in [0.25, 0.3) is 11.8 Å². The lowest BCUT2D eigenvalue weighted by molar-refractivity contribution is -0.881. The van der Waals surface area contributed by atoms with Crippen molar-refractivity contribution in [1.82, 2.24) is 9.78 Å². The van der Waals surface area contributed by atoms with Gasteiger partial charge < -0.3 is 20.3 Å². The summed E-state index contributed by atoms with van der Waals surface area (Å²) in [5, 5.41) is 10.0. The molecule has 0 radical (unpaired) electrons. The van der Waals surface area contributed by atoms with Crippen LogP contribution in [-0.2, 0) is 16.6 Å². The van der Waals surface area contributed by atoms with Gasteiger partial charge in [-0.1, -0.05) is 0 Å². The van der Waals surface area contributed by atoms with Gasteiger partial charge in [-0.3, -0.25) is 14.3 Å². The first-order valence-electron chi connectivity index (χ1n) is 8.91. The number of rotatable bonds is 8. The zero-order chi connectivity index (χ0) is 20.0. The van der Waals surface area contributed by atoms with Crippen LogP contribution in [0.3, 0.4) is 0 Å². The normalized spacial score (nSPS) is 11.7. The summed E-state index contributed by atoms with van der Waals surface area (Å²) >= 11 is 0. The van der Waals surface area contributed by atoms with Crippen molar-refractivity contribution < 1.29 is 19.2 Å². The molecule has 0 saturated heterocycles. The quantitative estimate of drug-likeness (QED) is 0.629. The second-order valence-electron chi connectivity index (χ2n) is 6.45. The van der Waals surface area contributed by atoms with E-state index < -0.39 is 0 Å². The molecule has 0 saturated carbocycles. The predicted molar refractivity (Wildman–Crippen MR) is 104 cm³/mol. The molecule has 0 spiro atoms. The van der Waals surface area contributed by atoms with E-state index in [-0.39, 0.29) is 24.9 Å². The molecule has 1 aromatic heterocycles. The van der Waals surface area contributed by atoms with Crippen molar-refractivity contribution in [2.75, 3.05) is 37.4 Å². The third-order valence-corrected chi connectivity index (χ3v) is 4.47.